The molecule has 2 fully saturated rings. The Morgan fingerprint density at radius 2 is 2.11 bits per heavy atom. The summed E-state index contributed by atoms with van der Waals surface area (Å²) in [5.74, 6) is -1.13. The second kappa shape index (κ2) is 5.69. The van der Waals surface area contributed by atoms with Gasteiger partial charge in [-0.2, -0.15) is 0 Å². The molecule has 1 aliphatic heterocycles. The van der Waals surface area contributed by atoms with Gasteiger partial charge in [-0.05, 0) is 25.7 Å². The SMILES string of the molecule is CC(CN(CC1CCCO1)C(=O)C1CC1)C(=O)O. The molecule has 2 aliphatic rings. The maximum atomic E-state index is 12.1. The molecule has 5 nitrogen and oxygen atoms in total. The van der Waals surface area contributed by atoms with E-state index in [1.807, 2.05) is 0 Å². The molecule has 1 amide bonds. The molecular formula is C13H21NO4. The van der Waals surface area contributed by atoms with Crippen molar-refractivity contribution in [2.24, 2.45) is 11.8 Å². The first kappa shape index (κ1) is 13.3. The average molecular weight is 255 g/mol. The van der Waals surface area contributed by atoms with Crippen LogP contribution in [-0.2, 0) is 14.3 Å². The number of amides is 1. The van der Waals surface area contributed by atoms with Crippen molar-refractivity contribution in [3.05, 3.63) is 0 Å². The third-order valence-electron chi connectivity index (χ3n) is 3.60. The number of carbonyl (C=O) groups excluding carboxylic acids is 1. The summed E-state index contributed by atoms with van der Waals surface area (Å²) in [5.41, 5.74) is 0. The van der Waals surface area contributed by atoms with Crippen LogP contribution in [0.15, 0.2) is 0 Å². The van der Waals surface area contributed by atoms with Crippen LogP contribution >= 0.6 is 0 Å². The van der Waals surface area contributed by atoms with Crippen LogP contribution in [0.4, 0.5) is 0 Å². The van der Waals surface area contributed by atoms with E-state index in [1.165, 1.54) is 0 Å². The molecule has 1 saturated heterocycles. The van der Waals surface area contributed by atoms with Crippen LogP contribution in [0, 0.1) is 11.8 Å². The van der Waals surface area contributed by atoms with Crippen LogP contribution in [0.3, 0.4) is 0 Å². The van der Waals surface area contributed by atoms with Crippen molar-refractivity contribution in [1.29, 1.82) is 0 Å². The van der Waals surface area contributed by atoms with Crippen molar-refractivity contribution >= 4 is 11.9 Å². The fourth-order valence-electron chi connectivity index (χ4n) is 2.29. The highest BCUT2D eigenvalue weighted by atomic mass is 16.5. The Morgan fingerprint density at radius 1 is 1.39 bits per heavy atom. The van der Waals surface area contributed by atoms with Crippen LogP contribution < -0.4 is 0 Å². The van der Waals surface area contributed by atoms with Gasteiger partial charge in [0, 0.05) is 25.6 Å². The lowest BCUT2D eigenvalue weighted by Gasteiger charge is -2.27. The van der Waals surface area contributed by atoms with E-state index >= 15 is 0 Å². The Morgan fingerprint density at radius 3 is 2.61 bits per heavy atom. The van der Waals surface area contributed by atoms with Crippen molar-refractivity contribution < 1.29 is 19.4 Å². The molecule has 5 heteroatoms. The smallest absolute Gasteiger partial charge is 0.308 e. The molecule has 0 aromatic carbocycles. The van der Waals surface area contributed by atoms with Gasteiger partial charge >= 0.3 is 5.97 Å². The summed E-state index contributed by atoms with van der Waals surface area (Å²) in [5, 5.41) is 8.96. The molecule has 0 aromatic rings. The van der Waals surface area contributed by atoms with Gasteiger partial charge in [-0.3, -0.25) is 9.59 Å². The first-order valence-electron chi connectivity index (χ1n) is 6.71. The van der Waals surface area contributed by atoms with Crippen LogP contribution in [0.2, 0.25) is 0 Å². The van der Waals surface area contributed by atoms with Crippen LogP contribution in [0.1, 0.15) is 32.6 Å². The fourth-order valence-corrected chi connectivity index (χ4v) is 2.29. The van der Waals surface area contributed by atoms with Gasteiger partial charge in [0.05, 0.1) is 12.0 Å². The summed E-state index contributed by atoms with van der Waals surface area (Å²) >= 11 is 0. The summed E-state index contributed by atoms with van der Waals surface area (Å²) in [7, 11) is 0. The maximum Gasteiger partial charge on any atom is 0.308 e. The zero-order chi connectivity index (χ0) is 13.1. The third kappa shape index (κ3) is 3.45. The fraction of sp³-hybridized carbons (Fsp3) is 0.846. The lowest BCUT2D eigenvalue weighted by atomic mass is 10.1. The van der Waals surface area contributed by atoms with Gasteiger partial charge in [-0.25, -0.2) is 0 Å². The Kier molecular flexibility index (Phi) is 4.22. The van der Waals surface area contributed by atoms with E-state index in [0.29, 0.717) is 13.1 Å². The van der Waals surface area contributed by atoms with E-state index in [2.05, 4.69) is 0 Å². The monoisotopic (exact) mass is 255 g/mol. The second-order valence-electron chi connectivity index (χ2n) is 5.39. The van der Waals surface area contributed by atoms with Gasteiger partial charge in [0.1, 0.15) is 0 Å². The van der Waals surface area contributed by atoms with Crippen molar-refractivity contribution in [1.82, 2.24) is 4.90 Å². The summed E-state index contributed by atoms with van der Waals surface area (Å²) in [6.07, 6.45) is 3.99. The minimum absolute atomic E-state index is 0.0914. The number of carbonyl (C=O) groups is 2. The van der Waals surface area contributed by atoms with Crippen LogP contribution in [-0.4, -0.2) is 47.7 Å². The number of nitrogens with zero attached hydrogens (tertiary/aromatic N) is 1. The molecule has 1 saturated carbocycles. The Hall–Kier alpha value is -1.10. The predicted octanol–water partition coefficient (Wildman–Crippen LogP) is 1.12. The summed E-state index contributed by atoms with van der Waals surface area (Å²) in [6.45, 7) is 3.24. The molecule has 0 aromatic heterocycles. The van der Waals surface area contributed by atoms with Gasteiger partial charge in [-0.15, -0.1) is 0 Å². The molecule has 102 valence electrons. The number of aliphatic carboxylic acids is 1. The number of hydrogen-bond donors (Lipinski definition) is 1. The van der Waals surface area contributed by atoms with Gasteiger partial charge in [0.25, 0.3) is 0 Å². The first-order chi connectivity index (χ1) is 8.58. The molecule has 0 spiro atoms. The van der Waals surface area contributed by atoms with E-state index in [9.17, 15) is 9.59 Å². The van der Waals surface area contributed by atoms with Gasteiger partial charge in [0.15, 0.2) is 0 Å². The number of ether oxygens (including phenoxy) is 1. The largest absolute Gasteiger partial charge is 0.481 e. The van der Waals surface area contributed by atoms with E-state index in [1.54, 1.807) is 11.8 Å². The number of carboxylic acid groups (broad SMARTS) is 1. The molecule has 1 N–H and O–H groups in total. The van der Waals surface area contributed by atoms with E-state index < -0.39 is 11.9 Å². The molecule has 1 heterocycles. The van der Waals surface area contributed by atoms with Crippen molar-refractivity contribution in [2.75, 3.05) is 19.7 Å². The summed E-state index contributed by atoms with van der Waals surface area (Å²) in [4.78, 5) is 24.7. The minimum Gasteiger partial charge on any atom is -0.481 e. The highest BCUT2D eigenvalue weighted by Gasteiger charge is 2.35. The second-order valence-corrected chi connectivity index (χ2v) is 5.39. The molecule has 18 heavy (non-hydrogen) atoms. The van der Waals surface area contributed by atoms with E-state index in [0.717, 1.165) is 32.3 Å². The highest BCUT2D eigenvalue weighted by molar-refractivity contribution is 5.81. The summed E-state index contributed by atoms with van der Waals surface area (Å²) in [6, 6.07) is 0. The normalized spacial score (nSPS) is 24.8. The molecule has 2 rings (SSSR count). The number of hydrogen-bond acceptors (Lipinski definition) is 3. The quantitative estimate of drug-likeness (QED) is 0.772. The molecule has 0 radical (unpaired) electrons. The topological polar surface area (TPSA) is 66.8 Å². The molecule has 0 bridgehead atoms. The van der Waals surface area contributed by atoms with Gasteiger partial charge < -0.3 is 14.7 Å². The molecule has 2 atom stereocenters. The molecular weight excluding hydrogens is 234 g/mol. The van der Waals surface area contributed by atoms with Crippen molar-refractivity contribution in [3.8, 4) is 0 Å². The minimum atomic E-state index is -0.851. The zero-order valence-electron chi connectivity index (χ0n) is 10.8. The maximum absolute atomic E-state index is 12.1. The first-order valence-corrected chi connectivity index (χ1v) is 6.71. The Balaban J connectivity index is 1.92. The van der Waals surface area contributed by atoms with Crippen LogP contribution in [0.5, 0.6) is 0 Å². The summed E-state index contributed by atoms with van der Waals surface area (Å²) < 4.78 is 5.53. The lowest BCUT2D eigenvalue weighted by Crippen LogP contribution is -2.42. The zero-order valence-corrected chi connectivity index (χ0v) is 10.8. The van der Waals surface area contributed by atoms with E-state index in [4.69, 9.17) is 9.84 Å². The van der Waals surface area contributed by atoms with Crippen molar-refractivity contribution in [3.63, 3.8) is 0 Å². The highest BCUT2D eigenvalue weighted by Crippen LogP contribution is 2.31. The van der Waals surface area contributed by atoms with Gasteiger partial charge in [0.2, 0.25) is 5.91 Å². The standard InChI is InChI=1S/C13H21NO4/c1-9(13(16)17)7-14(12(15)10-4-5-10)8-11-3-2-6-18-11/h9-11H,2-8H2,1H3,(H,16,17). The predicted molar refractivity (Wildman–Crippen MR) is 65.1 cm³/mol. The Labute approximate surface area is 107 Å². The van der Waals surface area contributed by atoms with Crippen LogP contribution in [0.25, 0.3) is 0 Å². The third-order valence-corrected chi connectivity index (χ3v) is 3.60. The number of carboxylic acids is 1. The van der Waals surface area contributed by atoms with Gasteiger partial charge in [-0.1, -0.05) is 6.92 Å². The van der Waals surface area contributed by atoms with Crippen molar-refractivity contribution in [2.45, 2.75) is 38.7 Å². The van der Waals surface area contributed by atoms with E-state index in [-0.39, 0.29) is 17.9 Å². The lowest BCUT2D eigenvalue weighted by molar-refractivity contribution is -0.144. The number of rotatable bonds is 6. The average Bonchev–Trinajstić information content (AvgIpc) is 3.06. The molecule has 2 unspecified atom stereocenters. The Bertz CT molecular complexity index is 321. The molecule has 1 aliphatic carbocycles.